The zero-order valence-electron chi connectivity index (χ0n) is 15.5. The number of phenols is 2. The number of hydrogen-bond acceptors (Lipinski definition) is 8. The van der Waals surface area contributed by atoms with Gasteiger partial charge in [0.1, 0.15) is 42.0 Å². The maximum absolute atomic E-state index is 12.5. The van der Waals surface area contributed by atoms with Gasteiger partial charge in [0.05, 0.1) is 12.2 Å². The van der Waals surface area contributed by atoms with Crippen LogP contribution in [-0.4, -0.2) is 67.4 Å². The molecule has 8 nitrogen and oxygen atoms in total. The Bertz CT molecular complexity index is 866. The predicted octanol–water partition coefficient (Wildman–Crippen LogP) is 0.428. The summed E-state index contributed by atoms with van der Waals surface area (Å²) in [6.07, 6.45) is -6.48. The number of para-hydroxylation sites is 1. The first-order valence-electron chi connectivity index (χ1n) is 9.27. The van der Waals surface area contributed by atoms with Crippen LogP contribution < -0.4 is 0 Å². The molecule has 5 atom stereocenters. The Hall–Kier alpha value is -2.49. The fourth-order valence-electron chi connectivity index (χ4n) is 3.53. The monoisotopic (exact) mass is 404 g/mol. The number of aromatic hydroxyl groups is 2. The van der Waals surface area contributed by atoms with E-state index in [2.05, 4.69) is 0 Å². The maximum Gasteiger partial charge on any atom is 0.166 e. The highest BCUT2D eigenvalue weighted by molar-refractivity contribution is 5.98. The smallest absolute Gasteiger partial charge is 0.166 e. The summed E-state index contributed by atoms with van der Waals surface area (Å²) in [7, 11) is 0. The van der Waals surface area contributed by atoms with Crippen molar-refractivity contribution in [3.05, 3.63) is 59.2 Å². The highest BCUT2D eigenvalue weighted by Gasteiger charge is 2.44. The highest BCUT2D eigenvalue weighted by Crippen LogP contribution is 2.36. The number of ketones is 1. The average Bonchev–Trinajstić information content (AvgIpc) is 2.71. The second-order valence-corrected chi connectivity index (χ2v) is 7.07. The molecule has 1 fully saturated rings. The first kappa shape index (κ1) is 21.2. The molecule has 0 amide bonds. The van der Waals surface area contributed by atoms with Crippen LogP contribution >= 0.6 is 0 Å². The van der Waals surface area contributed by atoms with Gasteiger partial charge >= 0.3 is 0 Å². The first-order chi connectivity index (χ1) is 13.8. The molecular formula is C21H24O8. The fraction of sp³-hybridized carbons (Fsp3) is 0.381. The molecule has 6 N–H and O–H groups in total. The van der Waals surface area contributed by atoms with Gasteiger partial charge in [-0.15, -0.1) is 0 Å². The van der Waals surface area contributed by atoms with E-state index >= 15 is 0 Å². The van der Waals surface area contributed by atoms with Crippen molar-refractivity contribution < 1.29 is 40.2 Å². The van der Waals surface area contributed by atoms with E-state index in [0.29, 0.717) is 11.1 Å². The summed E-state index contributed by atoms with van der Waals surface area (Å²) in [6, 6.07) is 10.6. The van der Waals surface area contributed by atoms with Crippen molar-refractivity contribution in [2.45, 2.75) is 43.4 Å². The van der Waals surface area contributed by atoms with Crippen molar-refractivity contribution in [3.63, 3.8) is 0 Å². The molecule has 0 aromatic heterocycles. The topological polar surface area (TPSA) is 148 Å². The molecule has 1 heterocycles. The van der Waals surface area contributed by atoms with Crippen LogP contribution in [0.4, 0.5) is 0 Å². The molecule has 156 valence electrons. The third-order valence-electron chi connectivity index (χ3n) is 5.15. The zero-order chi connectivity index (χ0) is 21.1. The van der Waals surface area contributed by atoms with E-state index in [1.54, 1.807) is 18.2 Å². The van der Waals surface area contributed by atoms with Crippen LogP contribution in [0.5, 0.6) is 11.5 Å². The van der Waals surface area contributed by atoms with Gasteiger partial charge in [-0.05, 0) is 41.8 Å². The summed E-state index contributed by atoms with van der Waals surface area (Å²) in [5, 5.41) is 59.5. The molecule has 8 heteroatoms. The van der Waals surface area contributed by atoms with E-state index < -0.39 is 37.1 Å². The zero-order valence-corrected chi connectivity index (χ0v) is 15.5. The van der Waals surface area contributed by atoms with Crippen LogP contribution in [0.1, 0.15) is 34.0 Å². The standard InChI is InChI=1S/C21H24O8/c22-10-17-18(26)19(27)20(28)21(29-17)14-9-12(23)7-5-11(14)6-8-16(25)13-3-1-2-4-15(13)24/h1-5,7,9,17-24,26-28H,6,8,10H2/t17-,18-,19+,20-,21+/m1/s1. The van der Waals surface area contributed by atoms with Crippen LogP contribution in [0.25, 0.3) is 0 Å². The lowest BCUT2D eigenvalue weighted by molar-refractivity contribution is -0.231. The number of phenolic OH excluding ortho intramolecular Hbond substituents is 2. The summed E-state index contributed by atoms with van der Waals surface area (Å²) in [6.45, 7) is -0.568. The molecule has 0 bridgehead atoms. The summed E-state index contributed by atoms with van der Waals surface area (Å²) < 4.78 is 5.58. The first-order valence-corrected chi connectivity index (χ1v) is 9.27. The Kier molecular flexibility index (Phi) is 6.51. The molecule has 1 saturated heterocycles. The largest absolute Gasteiger partial charge is 0.508 e. The number of ether oxygens (including phenoxy) is 1. The number of aliphatic hydroxyl groups is 4. The molecule has 1 aliphatic heterocycles. The van der Waals surface area contributed by atoms with E-state index in [1.165, 1.54) is 24.3 Å². The molecule has 3 rings (SSSR count). The van der Waals surface area contributed by atoms with Gasteiger partial charge < -0.3 is 35.4 Å². The second kappa shape index (κ2) is 8.89. The molecule has 0 spiro atoms. The molecule has 0 saturated carbocycles. The minimum absolute atomic E-state index is 0.0484. The van der Waals surface area contributed by atoms with Crippen molar-refractivity contribution in [3.8, 4) is 11.5 Å². The molecule has 0 unspecified atom stereocenters. The molecule has 2 aromatic rings. The highest BCUT2D eigenvalue weighted by atomic mass is 16.5. The van der Waals surface area contributed by atoms with E-state index in [0.717, 1.165) is 0 Å². The summed E-state index contributed by atoms with van der Waals surface area (Å²) >= 11 is 0. The SMILES string of the molecule is O=C(CCc1ccc(O)cc1[C@@H]1O[C@H](CO)[C@@H](O)[C@H](O)[C@H]1O)c1ccccc1O. The number of aryl methyl sites for hydroxylation is 1. The van der Waals surface area contributed by atoms with Gasteiger partial charge in [0, 0.05) is 6.42 Å². The molecule has 29 heavy (non-hydrogen) atoms. The lowest BCUT2D eigenvalue weighted by atomic mass is 9.87. The van der Waals surface area contributed by atoms with Gasteiger partial charge in [-0.1, -0.05) is 18.2 Å². The Morgan fingerprint density at radius 2 is 1.69 bits per heavy atom. The van der Waals surface area contributed by atoms with E-state index in [9.17, 15) is 35.4 Å². The van der Waals surface area contributed by atoms with Crippen LogP contribution in [0.2, 0.25) is 0 Å². The summed E-state index contributed by atoms with van der Waals surface area (Å²) in [5.41, 5.74) is 1.11. The third kappa shape index (κ3) is 4.42. The van der Waals surface area contributed by atoms with Crippen molar-refractivity contribution in [1.29, 1.82) is 0 Å². The Labute approximate surface area is 167 Å². The predicted molar refractivity (Wildman–Crippen MR) is 102 cm³/mol. The molecule has 2 aromatic carbocycles. The van der Waals surface area contributed by atoms with Gasteiger partial charge in [-0.3, -0.25) is 4.79 Å². The number of rotatable bonds is 6. The van der Waals surface area contributed by atoms with Crippen LogP contribution in [-0.2, 0) is 11.2 Å². The van der Waals surface area contributed by atoms with Gasteiger partial charge in [0.2, 0.25) is 0 Å². The van der Waals surface area contributed by atoms with Gasteiger partial charge in [-0.25, -0.2) is 0 Å². The van der Waals surface area contributed by atoms with Gasteiger partial charge in [0.15, 0.2) is 5.78 Å². The number of aliphatic hydroxyl groups excluding tert-OH is 4. The Balaban J connectivity index is 1.84. The summed E-state index contributed by atoms with van der Waals surface area (Å²) in [4.78, 5) is 12.5. The number of Topliss-reactive ketones (excluding diaryl/α,β-unsaturated/α-hetero) is 1. The normalized spacial score (nSPS) is 27.0. The van der Waals surface area contributed by atoms with Gasteiger partial charge in [-0.2, -0.15) is 0 Å². The Morgan fingerprint density at radius 3 is 2.38 bits per heavy atom. The van der Waals surface area contributed by atoms with E-state index in [-0.39, 0.29) is 35.7 Å². The van der Waals surface area contributed by atoms with Gasteiger partial charge in [0.25, 0.3) is 0 Å². The molecule has 1 aliphatic rings. The number of carbonyl (C=O) groups excluding carboxylic acids is 1. The van der Waals surface area contributed by atoms with Crippen LogP contribution in [0.15, 0.2) is 42.5 Å². The third-order valence-corrected chi connectivity index (χ3v) is 5.15. The fourth-order valence-corrected chi connectivity index (χ4v) is 3.53. The number of benzene rings is 2. The number of hydrogen-bond donors (Lipinski definition) is 6. The average molecular weight is 404 g/mol. The maximum atomic E-state index is 12.5. The lowest BCUT2D eigenvalue weighted by Gasteiger charge is -2.40. The minimum Gasteiger partial charge on any atom is -0.508 e. The van der Waals surface area contributed by atoms with Crippen LogP contribution in [0.3, 0.4) is 0 Å². The van der Waals surface area contributed by atoms with Crippen molar-refractivity contribution >= 4 is 5.78 Å². The van der Waals surface area contributed by atoms with Crippen molar-refractivity contribution in [2.24, 2.45) is 0 Å². The molecule has 0 aliphatic carbocycles. The van der Waals surface area contributed by atoms with Crippen molar-refractivity contribution in [1.82, 2.24) is 0 Å². The second-order valence-electron chi connectivity index (χ2n) is 7.07. The Morgan fingerprint density at radius 1 is 0.966 bits per heavy atom. The van der Waals surface area contributed by atoms with Crippen LogP contribution in [0, 0.1) is 0 Å². The van der Waals surface area contributed by atoms with Crippen molar-refractivity contribution in [2.75, 3.05) is 6.61 Å². The van der Waals surface area contributed by atoms with E-state index in [4.69, 9.17) is 4.74 Å². The lowest BCUT2D eigenvalue weighted by Crippen LogP contribution is -2.55. The van der Waals surface area contributed by atoms with E-state index in [1.807, 2.05) is 0 Å². The molecular weight excluding hydrogens is 380 g/mol. The molecule has 0 radical (unpaired) electrons. The quantitative estimate of drug-likeness (QED) is 0.380. The summed E-state index contributed by atoms with van der Waals surface area (Å²) in [5.74, 6) is -0.499. The number of carbonyl (C=O) groups is 1. The minimum atomic E-state index is -1.55.